The van der Waals surface area contributed by atoms with Crippen molar-refractivity contribution in [2.75, 3.05) is 19.6 Å². The first-order chi connectivity index (χ1) is 12.7. The number of carbonyl (C=O) groups is 2. The first kappa shape index (κ1) is 19.3. The third-order valence-corrected chi connectivity index (χ3v) is 4.75. The van der Waals surface area contributed by atoms with Crippen LogP contribution >= 0.6 is 0 Å². The van der Waals surface area contributed by atoms with Crippen molar-refractivity contribution in [3.8, 4) is 0 Å². The van der Waals surface area contributed by atoms with Gasteiger partial charge in [0.2, 0.25) is 11.8 Å². The number of amides is 2. The monoisotopic (exact) mass is 372 g/mol. The summed E-state index contributed by atoms with van der Waals surface area (Å²) in [5.74, 6) is 0.303. The summed E-state index contributed by atoms with van der Waals surface area (Å²) in [4.78, 5) is 34.4. The molecule has 1 saturated heterocycles. The minimum atomic E-state index is -0.0355. The summed E-state index contributed by atoms with van der Waals surface area (Å²) in [5.41, 5.74) is 2.36. The van der Waals surface area contributed by atoms with Crippen molar-refractivity contribution in [1.29, 1.82) is 0 Å². The van der Waals surface area contributed by atoms with Gasteiger partial charge >= 0.3 is 0 Å². The Morgan fingerprint density at radius 2 is 2.00 bits per heavy atom. The van der Waals surface area contributed by atoms with Crippen LogP contribution in [0.5, 0.6) is 0 Å². The van der Waals surface area contributed by atoms with Gasteiger partial charge in [-0.25, -0.2) is 14.6 Å². The maximum atomic E-state index is 12.0. The molecule has 1 aliphatic heterocycles. The van der Waals surface area contributed by atoms with Crippen LogP contribution in [0.4, 0.5) is 0 Å². The summed E-state index contributed by atoms with van der Waals surface area (Å²) in [6, 6.07) is 0. The van der Waals surface area contributed by atoms with Crippen LogP contribution in [0.3, 0.4) is 0 Å². The lowest BCUT2D eigenvalue weighted by atomic mass is 9.92. The van der Waals surface area contributed by atoms with Crippen molar-refractivity contribution in [1.82, 2.24) is 30.0 Å². The van der Waals surface area contributed by atoms with E-state index in [-0.39, 0.29) is 23.1 Å². The molecule has 8 heteroatoms. The molecule has 0 aromatic carbocycles. The molecule has 0 saturated carbocycles. The van der Waals surface area contributed by atoms with Crippen molar-refractivity contribution < 1.29 is 9.59 Å². The van der Waals surface area contributed by atoms with Gasteiger partial charge in [0.15, 0.2) is 5.65 Å². The number of fused-ring (bicyclic) bond motifs is 1. The topological polar surface area (TPSA) is 93.0 Å². The summed E-state index contributed by atoms with van der Waals surface area (Å²) >= 11 is 0. The van der Waals surface area contributed by atoms with Crippen LogP contribution in [0.1, 0.15) is 52.1 Å². The number of likely N-dealkylation sites (tertiary alicyclic amines) is 1. The van der Waals surface area contributed by atoms with Crippen LogP contribution in [-0.2, 0) is 16.1 Å². The average molecular weight is 372 g/mol. The van der Waals surface area contributed by atoms with Gasteiger partial charge in [0, 0.05) is 51.3 Å². The zero-order chi connectivity index (χ0) is 19.6. The van der Waals surface area contributed by atoms with Gasteiger partial charge in [-0.1, -0.05) is 20.8 Å². The highest BCUT2D eigenvalue weighted by Crippen LogP contribution is 2.30. The van der Waals surface area contributed by atoms with Crippen LogP contribution < -0.4 is 5.32 Å². The van der Waals surface area contributed by atoms with Gasteiger partial charge in [-0.05, 0) is 11.8 Å². The number of rotatable bonds is 5. The highest BCUT2D eigenvalue weighted by molar-refractivity contribution is 5.77. The molecule has 146 valence electrons. The highest BCUT2D eigenvalue weighted by atomic mass is 16.2. The van der Waals surface area contributed by atoms with Gasteiger partial charge in [0.05, 0.1) is 12.2 Å². The van der Waals surface area contributed by atoms with Crippen molar-refractivity contribution in [2.45, 2.75) is 53.0 Å². The second-order valence-corrected chi connectivity index (χ2v) is 8.37. The molecule has 8 nitrogen and oxygen atoms in total. The Morgan fingerprint density at radius 3 is 2.67 bits per heavy atom. The Balaban J connectivity index is 1.72. The number of nitrogens with zero attached hydrogens (tertiary/aromatic N) is 5. The van der Waals surface area contributed by atoms with Crippen LogP contribution in [0.25, 0.3) is 11.2 Å². The summed E-state index contributed by atoms with van der Waals surface area (Å²) in [6.45, 7) is 10.2. The maximum Gasteiger partial charge on any atom is 0.220 e. The summed E-state index contributed by atoms with van der Waals surface area (Å²) in [6.07, 6.45) is 4.69. The van der Waals surface area contributed by atoms with Crippen molar-refractivity contribution in [3.05, 3.63) is 18.1 Å². The SMILES string of the molecule is CC(=O)N1CC[C@@H](c2nn(CCNC(=O)CC(C)(C)C)c3nccnc23)C1. The molecule has 1 N–H and O–H groups in total. The Kier molecular flexibility index (Phi) is 5.43. The molecule has 2 aromatic heterocycles. The zero-order valence-corrected chi connectivity index (χ0v) is 16.5. The molecule has 1 aliphatic rings. The van der Waals surface area contributed by atoms with Gasteiger partial charge in [0.25, 0.3) is 0 Å². The average Bonchev–Trinajstić information content (AvgIpc) is 3.18. The molecular weight excluding hydrogens is 344 g/mol. The fourth-order valence-electron chi connectivity index (χ4n) is 3.47. The lowest BCUT2D eigenvalue weighted by Crippen LogP contribution is -2.30. The van der Waals surface area contributed by atoms with E-state index in [0.29, 0.717) is 26.1 Å². The Hall–Kier alpha value is -2.51. The van der Waals surface area contributed by atoms with Crippen molar-refractivity contribution >= 4 is 23.0 Å². The van der Waals surface area contributed by atoms with E-state index in [2.05, 4.69) is 15.3 Å². The standard InChI is InChI=1S/C19H28N6O2/c1-13(26)24-9-5-14(12-24)16-17-18(22-7-6-21-17)25(23-16)10-8-20-15(27)11-19(2,3)4/h6-7,14H,5,8-12H2,1-4H3,(H,20,27)/t14-/m1/s1. The van der Waals surface area contributed by atoms with Gasteiger partial charge in [-0.15, -0.1) is 0 Å². The largest absolute Gasteiger partial charge is 0.354 e. The lowest BCUT2D eigenvalue weighted by Gasteiger charge is -2.17. The number of hydrogen-bond acceptors (Lipinski definition) is 5. The molecule has 3 heterocycles. The molecule has 0 unspecified atom stereocenters. The molecule has 0 aliphatic carbocycles. The number of nitrogens with one attached hydrogen (secondary N) is 1. The molecule has 2 aromatic rings. The Bertz CT molecular complexity index is 838. The molecule has 1 atom stereocenters. The fourth-order valence-corrected chi connectivity index (χ4v) is 3.47. The first-order valence-electron chi connectivity index (χ1n) is 9.44. The minimum Gasteiger partial charge on any atom is -0.354 e. The summed E-state index contributed by atoms with van der Waals surface area (Å²) < 4.78 is 1.81. The molecule has 0 bridgehead atoms. The van der Waals surface area contributed by atoms with Crippen LogP contribution in [0.2, 0.25) is 0 Å². The fraction of sp³-hybridized carbons (Fsp3) is 0.632. The van der Waals surface area contributed by atoms with Crippen LogP contribution in [0.15, 0.2) is 12.4 Å². The lowest BCUT2D eigenvalue weighted by molar-refractivity contribution is -0.127. The predicted molar refractivity (Wildman–Crippen MR) is 102 cm³/mol. The van der Waals surface area contributed by atoms with Gasteiger partial charge in [0.1, 0.15) is 5.52 Å². The first-order valence-corrected chi connectivity index (χ1v) is 9.44. The Morgan fingerprint density at radius 1 is 1.26 bits per heavy atom. The molecule has 27 heavy (non-hydrogen) atoms. The highest BCUT2D eigenvalue weighted by Gasteiger charge is 2.30. The van der Waals surface area contributed by atoms with E-state index in [1.807, 2.05) is 30.4 Å². The van der Waals surface area contributed by atoms with Gasteiger partial charge < -0.3 is 10.2 Å². The van der Waals surface area contributed by atoms with E-state index in [1.54, 1.807) is 19.3 Å². The summed E-state index contributed by atoms with van der Waals surface area (Å²) in [7, 11) is 0. The van der Waals surface area contributed by atoms with E-state index < -0.39 is 0 Å². The van der Waals surface area contributed by atoms with Crippen LogP contribution in [-0.4, -0.2) is 56.1 Å². The third kappa shape index (κ3) is 4.61. The van der Waals surface area contributed by atoms with Crippen molar-refractivity contribution in [3.63, 3.8) is 0 Å². The quantitative estimate of drug-likeness (QED) is 0.862. The maximum absolute atomic E-state index is 12.0. The summed E-state index contributed by atoms with van der Waals surface area (Å²) in [5, 5.41) is 7.69. The second-order valence-electron chi connectivity index (χ2n) is 8.37. The molecule has 0 radical (unpaired) electrons. The van der Waals surface area contributed by atoms with Crippen LogP contribution in [0, 0.1) is 5.41 Å². The van der Waals surface area contributed by atoms with Gasteiger partial charge in [-0.3, -0.25) is 9.59 Å². The van der Waals surface area contributed by atoms with Crippen molar-refractivity contribution in [2.24, 2.45) is 5.41 Å². The molecule has 3 rings (SSSR count). The normalized spacial score (nSPS) is 17.5. The number of carbonyl (C=O) groups excluding carboxylic acids is 2. The van der Waals surface area contributed by atoms with E-state index in [4.69, 9.17) is 5.10 Å². The molecular formula is C19H28N6O2. The third-order valence-electron chi connectivity index (χ3n) is 4.75. The number of aromatic nitrogens is 4. The Labute approximate surface area is 159 Å². The van der Waals surface area contributed by atoms with E-state index in [1.165, 1.54) is 0 Å². The van der Waals surface area contributed by atoms with Gasteiger partial charge in [-0.2, -0.15) is 5.10 Å². The predicted octanol–water partition coefficient (Wildman–Crippen LogP) is 1.71. The second kappa shape index (κ2) is 7.62. The molecule has 1 fully saturated rings. The molecule has 2 amide bonds. The number of hydrogen-bond donors (Lipinski definition) is 1. The molecule has 0 spiro atoms. The minimum absolute atomic E-state index is 0.0355. The van der Waals surface area contributed by atoms with E-state index in [0.717, 1.165) is 29.8 Å². The smallest absolute Gasteiger partial charge is 0.220 e. The van der Waals surface area contributed by atoms with E-state index in [9.17, 15) is 9.59 Å². The zero-order valence-electron chi connectivity index (χ0n) is 16.5. The van der Waals surface area contributed by atoms with E-state index >= 15 is 0 Å².